The van der Waals surface area contributed by atoms with E-state index in [-0.39, 0.29) is 17.0 Å². The van der Waals surface area contributed by atoms with Gasteiger partial charge in [-0.05, 0) is 56.3 Å². The summed E-state index contributed by atoms with van der Waals surface area (Å²) in [4.78, 5) is 2.74. The molecule has 2 aromatic rings. The molecule has 1 unspecified atom stereocenters. The van der Waals surface area contributed by atoms with Crippen LogP contribution >= 0.6 is 17.0 Å². The fourth-order valence-electron chi connectivity index (χ4n) is 3.60. The van der Waals surface area contributed by atoms with E-state index in [0.29, 0.717) is 0 Å². The average Bonchev–Trinajstić information content (AvgIpc) is 2.58. The Balaban J connectivity index is 0.00000192. The number of piperidine rings is 1. The predicted molar refractivity (Wildman–Crippen MR) is 104 cm³/mol. The molecule has 1 heterocycles. The third-order valence-corrected chi connectivity index (χ3v) is 4.82. The number of aryl methyl sites for hydroxylation is 1. The summed E-state index contributed by atoms with van der Waals surface area (Å²) in [5.41, 5.74) is 2.96. The molecule has 124 valence electrons. The van der Waals surface area contributed by atoms with Gasteiger partial charge < -0.3 is 4.90 Å². The summed E-state index contributed by atoms with van der Waals surface area (Å²) >= 11 is 0. The van der Waals surface area contributed by atoms with Gasteiger partial charge >= 0.3 is 0 Å². The van der Waals surface area contributed by atoms with Gasteiger partial charge in [0, 0.05) is 6.04 Å². The molecule has 2 aromatic carbocycles. The summed E-state index contributed by atoms with van der Waals surface area (Å²) in [7, 11) is 0. The molecule has 1 aliphatic heterocycles. The highest BCUT2D eigenvalue weighted by molar-refractivity contribution is 8.93. The van der Waals surface area contributed by atoms with Gasteiger partial charge in [-0.2, -0.15) is 0 Å². The van der Waals surface area contributed by atoms with Crippen molar-refractivity contribution in [2.45, 2.75) is 44.6 Å². The van der Waals surface area contributed by atoms with Gasteiger partial charge in [0.25, 0.3) is 0 Å². The number of likely N-dealkylation sites (tertiary alicyclic amines) is 1. The normalized spacial score (nSPS) is 18.3. The van der Waals surface area contributed by atoms with Crippen LogP contribution in [0.5, 0.6) is 0 Å². The molecule has 1 aliphatic rings. The number of rotatable bonds is 6. The Hall–Kier alpha value is -1.12. The van der Waals surface area contributed by atoms with Gasteiger partial charge in [-0.1, -0.05) is 67.1 Å². The fourth-order valence-corrected chi connectivity index (χ4v) is 3.60. The van der Waals surface area contributed by atoms with Crippen molar-refractivity contribution in [3.63, 3.8) is 0 Å². The molecule has 2 heteroatoms. The number of hydrogen-bond acceptors (Lipinski definition) is 1. The lowest BCUT2D eigenvalue weighted by Crippen LogP contribution is -2.41. The maximum absolute atomic E-state index is 2.74. The predicted octanol–water partition coefficient (Wildman–Crippen LogP) is 5.29. The number of halogens is 1. The molecule has 0 aliphatic carbocycles. The topological polar surface area (TPSA) is 3.24 Å². The van der Waals surface area contributed by atoms with Gasteiger partial charge in [-0.15, -0.1) is 17.0 Å². The second-order valence-electron chi connectivity index (χ2n) is 6.46. The van der Waals surface area contributed by atoms with Crippen molar-refractivity contribution < 1.29 is 0 Å². The molecule has 1 saturated heterocycles. The molecule has 0 bridgehead atoms. The quantitative estimate of drug-likeness (QED) is 0.664. The Morgan fingerprint density at radius 2 is 1.48 bits per heavy atom. The Kier molecular flexibility index (Phi) is 7.84. The Morgan fingerprint density at radius 1 is 0.826 bits per heavy atom. The molecule has 3 rings (SSSR count). The minimum absolute atomic E-state index is 0. The van der Waals surface area contributed by atoms with Crippen molar-refractivity contribution in [1.29, 1.82) is 0 Å². The minimum Gasteiger partial charge on any atom is -0.300 e. The van der Waals surface area contributed by atoms with E-state index >= 15 is 0 Å². The molecule has 0 radical (unpaired) electrons. The van der Waals surface area contributed by atoms with Crippen molar-refractivity contribution in [2.75, 3.05) is 13.1 Å². The van der Waals surface area contributed by atoms with Gasteiger partial charge in [0.15, 0.2) is 0 Å². The average molecular weight is 374 g/mol. The zero-order valence-corrected chi connectivity index (χ0v) is 15.6. The van der Waals surface area contributed by atoms with Gasteiger partial charge in [-0.25, -0.2) is 0 Å². The molecule has 1 atom stereocenters. The van der Waals surface area contributed by atoms with Crippen LogP contribution in [0.25, 0.3) is 0 Å². The van der Waals surface area contributed by atoms with Crippen LogP contribution in [0.4, 0.5) is 0 Å². The highest BCUT2D eigenvalue weighted by Gasteiger charge is 2.21. The SMILES string of the molecule is Br.c1ccc(CCCN2CCCCC2Cc2ccccc2)cc1. The third-order valence-electron chi connectivity index (χ3n) is 4.82. The highest BCUT2D eigenvalue weighted by atomic mass is 79.9. The molecule has 0 N–H and O–H groups in total. The number of benzene rings is 2. The van der Waals surface area contributed by atoms with E-state index in [1.165, 1.54) is 62.7 Å². The van der Waals surface area contributed by atoms with Crippen molar-refractivity contribution in [2.24, 2.45) is 0 Å². The summed E-state index contributed by atoms with van der Waals surface area (Å²) in [5.74, 6) is 0. The molecule has 0 spiro atoms. The largest absolute Gasteiger partial charge is 0.300 e. The molecule has 0 saturated carbocycles. The van der Waals surface area contributed by atoms with Crippen LogP contribution in [0.2, 0.25) is 0 Å². The van der Waals surface area contributed by atoms with Crippen LogP contribution < -0.4 is 0 Å². The van der Waals surface area contributed by atoms with Crippen LogP contribution in [0, 0.1) is 0 Å². The molecule has 0 amide bonds. The van der Waals surface area contributed by atoms with Crippen LogP contribution in [0.3, 0.4) is 0 Å². The minimum atomic E-state index is 0. The Bertz CT molecular complexity index is 540. The second-order valence-corrected chi connectivity index (χ2v) is 6.46. The molecular formula is C21H28BrN. The third kappa shape index (κ3) is 5.78. The lowest BCUT2D eigenvalue weighted by Gasteiger charge is -2.36. The first-order chi connectivity index (χ1) is 10.9. The molecule has 23 heavy (non-hydrogen) atoms. The van der Waals surface area contributed by atoms with Crippen LogP contribution in [0.1, 0.15) is 36.8 Å². The lowest BCUT2D eigenvalue weighted by molar-refractivity contribution is 0.146. The van der Waals surface area contributed by atoms with Crippen molar-refractivity contribution in [3.8, 4) is 0 Å². The Labute approximate surface area is 151 Å². The van der Waals surface area contributed by atoms with Gasteiger partial charge in [0.05, 0.1) is 0 Å². The monoisotopic (exact) mass is 373 g/mol. The highest BCUT2D eigenvalue weighted by Crippen LogP contribution is 2.21. The van der Waals surface area contributed by atoms with Crippen molar-refractivity contribution in [1.82, 2.24) is 4.90 Å². The van der Waals surface area contributed by atoms with E-state index in [9.17, 15) is 0 Å². The lowest BCUT2D eigenvalue weighted by atomic mass is 9.95. The summed E-state index contributed by atoms with van der Waals surface area (Å²) in [6.07, 6.45) is 7.82. The van der Waals surface area contributed by atoms with E-state index in [1.54, 1.807) is 0 Å². The maximum atomic E-state index is 2.74. The number of nitrogens with zero attached hydrogens (tertiary/aromatic N) is 1. The maximum Gasteiger partial charge on any atom is 0.0136 e. The molecule has 1 fully saturated rings. The number of hydrogen-bond donors (Lipinski definition) is 0. The zero-order chi connectivity index (χ0) is 15.0. The molecule has 0 aromatic heterocycles. The van der Waals surface area contributed by atoms with Crippen LogP contribution in [0.15, 0.2) is 60.7 Å². The van der Waals surface area contributed by atoms with Crippen LogP contribution in [-0.4, -0.2) is 24.0 Å². The standard InChI is InChI=1S/C21H27N.BrH/c1-3-10-19(11-4-1)14-9-17-22-16-8-7-15-21(22)18-20-12-5-2-6-13-20;/h1-6,10-13,21H,7-9,14-18H2;1H. The van der Waals surface area contributed by atoms with E-state index in [2.05, 4.69) is 65.6 Å². The molecular weight excluding hydrogens is 346 g/mol. The van der Waals surface area contributed by atoms with E-state index in [4.69, 9.17) is 0 Å². The van der Waals surface area contributed by atoms with E-state index in [1.807, 2.05) is 0 Å². The van der Waals surface area contributed by atoms with Gasteiger partial charge in [0.2, 0.25) is 0 Å². The summed E-state index contributed by atoms with van der Waals surface area (Å²) in [5, 5.41) is 0. The fraction of sp³-hybridized carbons (Fsp3) is 0.429. The summed E-state index contributed by atoms with van der Waals surface area (Å²) in [6.45, 7) is 2.53. The first-order valence-corrected chi connectivity index (χ1v) is 8.74. The van der Waals surface area contributed by atoms with Crippen molar-refractivity contribution >= 4 is 17.0 Å². The van der Waals surface area contributed by atoms with Crippen molar-refractivity contribution in [3.05, 3.63) is 71.8 Å². The first kappa shape index (κ1) is 18.2. The summed E-state index contributed by atoms with van der Waals surface area (Å²) < 4.78 is 0. The smallest absolute Gasteiger partial charge is 0.0136 e. The van der Waals surface area contributed by atoms with Gasteiger partial charge in [-0.3, -0.25) is 0 Å². The van der Waals surface area contributed by atoms with Crippen LogP contribution in [-0.2, 0) is 12.8 Å². The van der Waals surface area contributed by atoms with E-state index < -0.39 is 0 Å². The summed E-state index contributed by atoms with van der Waals surface area (Å²) in [6, 6.07) is 22.6. The van der Waals surface area contributed by atoms with E-state index in [0.717, 1.165) is 6.04 Å². The first-order valence-electron chi connectivity index (χ1n) is 8.74. The zero-order valence-electron chi connectivity index (χ0n) is 13.9. The molecule has 1 nitrogen and oxygen atoms in total. The second kappa shape index (κ2) is 9.89. The Morgan fingerprint density at radius 3 is 2.17 bits per heavy atom. The van der Waals surface area contributed by atoms with Gasteiger partial charge in [0.1, 0.15) is 0 Å².